The van der Waals surface area contributed by atoms with E-state index in [0.717, 1.165) is 12.0 Å². The SMILES string of the molecule is COCCN(CC(=O)N1CCc2sccc2C1COc1cccc(F)c1)C(=O)CC(C)C. The Hall–Kier alpha value is -2.45. The third kappa shape index (κ3) is 6.29. The third-order valence-corrected chi connectivity index (χ3v) is 6.44. The molecule has 0 fully saturated rings. The van der Waals surface area contributed by atoms with Crippen LogP contribution in [0.1, 0.15) is 36.8 Å². The lowest BCUT2D eigenvalue weighted by atomic mass is 10.0. The van der Waals surface area contributed by atoms with E-state index in [1.807, 2.05) is 25.3 Å². The Bertz CT molecular complexity index is 917. The van der Waals surface area contributed by atoms with Crippen molar-refractivity contribution in [2.75, 3.05) is 40.0 Å². The summed E-state index contributed by atoms with van der Waals surface area (Å²) in [5, 5.41) is 2.02. The maximum absolute atomic E-state index is 13.5. The minimum Gasteiger partial charge on any atom is -0.491 e. The molecule has 0 bridgehead atoms. The Balaban J connectivity index is 1.75. The van der Waals surface area contributed by atoms with Crippen molar-refractivity contribution in [1.82, 2.24) is 9.80 Å². The summed E-state index contributed by atoms with van der Waals surface area (Å²) in [7, 11) is 1.58. The molecule has 0 radical (unpaired) electrons. The number of methoxy groups -OCH3 is 1. The molecule has 1 atom stereocenters. The number of thiophene rings is 1. The van der Waals surface area contributed by atoms with Gasteiger partial charge in [-0.15, -0.1) is 11.3 Å². The highest BCUT2D eigenvalue weighted by atomic mass is 32.1. The van der Waals surface area contributed by atoms with E-state index in [0.29, 0.717) is 31.9 Å². The minimum absolute atomic E-state index is 0.00481. The highest BCUT2D eigenvalue weighted by Gasteiger charge is 2.33. The fourth-order valence-corrected chi connectivity index (χ4v) is 4.76. The summed E-state index contributed by atoms with van der Waals surface area (Å²) in [4.78, 5) is 30.7. The molecule has 2 heterocycles. The van der Waals surface area contributed by atoms with Crippen molar-refractivity contribution in [1.29, 1.82) is 0 Å². The van der Waals surface area contributed by atoms with Gasteiger partial charge in [-0.3, -0.25) is 9.59 Å². The molecule has 6 nitrogen and oxygen atoms in total. The zero-order valence-electron chi connectivity index (χ0n) is 18.9. The number of ether oxygens (including phenoxy) is 2. The summed E-state index contributed by atoms with van der Waals surface area (Å²) in [5.74, 6) is 0.0915. The molecule has 0 aliphatic carbocycles. The van der Waals surface area contributed by atoms with Gasteiger partial charge in [-0.25, -0.2) is 4.39 Å². The second-order valence-electron chi connectivity index (χ2n) is 8.33. The van der Waals surface area contributed by atoms with Gasteiger partial charge < -0.3 is 19.3 Å². The number of halogens is 1. The Labute approximate surface area is 192 Å². The quantitative estimate of drug-likeness (QED) is 0.537. The molecule has 0 saturated carbocycles. The first-order valence-corrected chi connectivity index (χ1v) is 11.8. The molecule has 0 spiro atoms. The molecule has 2 amide bonds. The Kier molecular flexibility index (Phi) is 8.64. The van der Waals surface area contributed by atoms with Crippen LogP contribution < -0.4 is 4.74 Å². The van der Waals surface area contributed by atoms with Crippen LogP contribution >= 0.6 is 11.3 Å². The van der Waals surface area contributed by atoms with E-state index < -0.39 is 0 Å². The van der Waals surface area contributed by atoms with Crippen LogP contribution in [0.15, 0.2) is 35.7 Å². The third-order valence-electron chi connectivity index (χ3n) is 5.45. The number of nitrogens with zero attached hydrogens (tertiary/aromatic N) is 2. The number of hydrogen-bond acceptors (Lipinski definition) is 5. The summed E-state index contributed by atoms with van der Waals surface area (Å²) in [5.41, 5.74) is 1.06. The van der Waals surface area contributed by atoms with Gasteiger partial charge in [-0.05, 0) is 41.5 Å². The fourth-order valence-electron chi connectivity index (χ4n) is 3.83. The predicted molar refractivity (Wildman–Crippen MR) is 122 cm³/mol. The van der Waals surface area contributed by atoms with E-state index in [1.54, 1.807) is 40.4 Å². The zero-order chi connectivity index (χ0) is 23.1. The average Bonchev–Trinajstić information content (AvgIpc) is 3.23. The molecule has 1 aromatic heterocycles. The molecule has 0 saturated heterocycles. The van der Waals surface area contributed by atoms with Crippen LogP contribution in [0.25, 0.3) is 0 Å². The lowest BCUT2D eigenvalue weighted by Crippen LogP contribution is -2.48. The van der Waals surface area contributed by atoms with Crippen LogP contribution in [0.5, 0.6) is 5.75 Å². The lowest BCUT2D eigenvalue weighted by molar-refractivity contribution is -0.143. The molecule has 1 aliphatic rings. The smallest absolute Gasteiger partial charge is 0.242 e. The second-order valence-corrected chi connectivity index (χ2v) is 9.33. The zero-order valence-corrected chi connectivity index (χ0v) is 19.7. The largest absolute Gasteiger partial charge is 0.491 e. The van der Waals surface area contributed by atoms with Crippen LogP contribution in [0.3, 0.4) is 0 Å². The van der Waals surface area contributed by atoms with Gasteiger partial charge in [0.25, 0.3) is 0 Å². The first-order chi connectivity index (χ1) is 15.4. The molecular weight excluding hydrogens is 431 g/mol. The Morgan fingerprint density at radius 3 is 2.84 bits per heavy atom. The summed E-state index contributed by atoms with van der Waals surface area (Å²) < 4.78 is 24.6. The summed E-state index contributed by atoms with van der Waals surface area (Å²) in [6, 6.07) is 7.72. The number of fused-ring (bicyclic) bond motifs is 1. The number of benzene rings is 1. The highest BCUT2D eigenvalue weighted by Crippen LogP contribution is 2.34. The molecule has 32 heavy (non-hydrogen) atoms. The number of carbonyl (C=O) groups is 2. The van der Waals surface area contributed by atoms with E-state index >= 15 is 0 Å². The standard InChI is InChI=1S/C24H31FN2O4S/c1-17(2)13-23(28)26(10-11-30-3)15-24(29)27-9-7-22-20(8-12-32-22)21(27)16-31-19-6-4-5-18(25)14-19/h4-6,8,12,14,17,21H,7,9-11,13,15-16H2,1-3H3. The number of carbonyl (C=O) groups excluding carboxylic acids is 2. The van der Waals surface area contributed by atoms with Gasteiger partial charge in [0.2, 0.25) is 11.8 Å². The molecular formula is C24H31FN2O4S. The maximum atomic E-state index is 13.5. The van der Waals surface area contributed by atoms with E-state index in [1.165, 1.54) is 17.0 Å². The van der Waals surface area contributed by atoms with Gasteiger partial charge in [0, 0.05) is 37.6 Å². The molecule has 1 aromatic carbocycles. The first-order valence-electron chi connectivity index (χ1n) is 10.9. The topological polar surface area (TPSA) is 59.1 Å². The minimum atomic E-state index is -0.368. The van der Waals surface area contributed by atoms with E-state index in [4.69, 9.17) is 9.47 Å². The maximum Gasteiger partial charge on any atom is 0.242 e. The number of amides is 2. The Morgan fingerprint density at radius 2 is 2.12 bits per heavy atom. The van der Waals surface area contributed by atoms with E-state index in [9.17, 15) is 14.0 Å². The van der Waals surface area contributed by atoms with Gasteiger partial charge >= 0.3 is 0 Å². The van der Waals surface area contributed by atoms with Crippen molar-refractivity contribution in [2.24, 2.45) is 5.92 Å². The van der Waals surface area contributed by atoms with Crippen LogP contribution in [-0.4, -0.2) is 61.6 Å². The molecule has 2 aromatic rings. The summed E-state index contributed by atoms with van der Waals surface area (Å²) in [6.45, 7) is 5.49. The van der Waals surface area contributed by atoms with Crippen molar-refractivity contribution in [2.45, 2.75) is 32.7 Å². The second kappa shape index (κ2) is 11.4. The number of hydrogen-bond donors (Lipinski definition) is 0. The normalized spacial score (nSPS) is 15.5. The molecule has 3 rings (SSSR count). The van der Waals surface area contributed by atoms with Crippen molar-refractivity contribution >= 4 is 23.2 Å². The van der Waals surface area contributed by atoms with Crippen LogP contribution in [0.2, 0.25) is 0 Å². The van der Waals surface area contributed by atoms with Crippen molar-refractivity contribution in [3.05, 3.63) is 52.0 Å². The van der Waals surface area contributed by atoms with Gasteiger partial charge in [-0.1, -0.05) is 19.9 Å². The number of rotatable bonds is 10. The van der Waals surface area contributed by atoms with Crippen LogP contribution in [-0.2, 0) is 20.7 Å². The van der Waals surface area contributed by atoms with Crippen molar-refractivity contribution < 1.29 is 23.5 Å². The van der Waals surface area contributed by atoms with Crippen molar-refractivity contribution in [3.8, 4) is 5.75 Å². The summed E-state index contributed by atoms with van der Waals surface area (Å²) in [6.07, 6.45) is 1.16. The molecule has 1 aliphatic heterocycles. The monoisotopic (exact) mass is 462 g/mol. The Morgan fingerprint density at radius 1 is 1.31 bits per heavy atom. The van der Waals surface area contributed by atoms with Crippen LogP contribution in [0.4, 0.5) is 4.39 Å². The van der Waals surface area contributed by atoms with Crippen LogP contribution in [0, 0.1) is 11.7 Å². The molecule has 8 heteroatoms. The lowest BCUT2D eigenvalue weighted by Gasteiger charge is -2.37. The van der Waals surface area contributed by atoms with Gasteiger partial charge in [0.05, 0.1) is 19.2 Å². The van der Waals surface area contributed by atoms with Gasteiger partial charge in [-0.2, -0.15) is 0 Å². The predicted octanol–water partition coefficient (Wildman–Crippen LogP) is 3.91. The molecule has 174 valence electrons. The average molecular weight is 463 g/mol. The van der Waals surface area contributed by atoms with Gasteiger partial charge in [0.1, 0.15) is 18.2 Å². The first kappa shape index (κ1) is 24.2. The van der Waals surface area contributed by atoms with E-state index in [-0.39, 0.29) is 42.7 Å². The van der Waals surface area contributed by atoms with E-state index in [2.05, 4.69) is 0 Å². The molecule has 0 N–H and O–H groups in total. The highest BCUT2D eigenvalue weighted by molar-refractivity contribution is 7.10. The fraction of sp³-hybridized carbons (Fsp3) is 0.500. The van der Waals surface area contributed by atoms with Crippen molar-refractivity contribution in [3.63, 3.8) is 0 Å². The summed E-state index contributed by atoms with van der Waals surface area (Å²) >= 11 is 1.67. The molecule has 1 unspecified atom stereocenters. The van der Waals surface area contributed by atoms with Gasteiger partial charge in [0.15, 0.2) is 0 Å².